The number of nitrogens with one attached hydrogen (secondary N) is 1. The van der Waals surface area contributed by atoms with Gasteiger partial charge in [0.1, 0.15) is 0 Å². The van der Waals surface area contributed by atoms with Gasteiger partial charge in [0.15, 0.2) is 0 Å². The molecule has 3 N–H and O–H groups in total. The maximum absolute atomic E-state index is 12.5. The number of carbonyl (C=O) groups excluding carboxylic acids is 1. The van der Waals surface area contributed by atoms with Gasteiger partial charge in [0, 0.05) is 18.2 Å². The maximum Gasteiger partial charge on any atom is 0.250 e. The molecule has 5 nitrogen and oxygen atoms in total. The molecule has 0 spiro atoms. The second kappa shape index (κ2) is 8.25. The molecule has 1 aromatic carbocycles. The minimum Gasteiger partial charge on any atom is -0.330 e. The summed E-state index contributed by atoms with van der Waals surface area (Å²) in [5, 5.41) is 3.83. The van der Waals surface area contributed by atoms with Gasteiger partial charge >= 0.3 is 0 Å². The van der Waals surface area contributed by atoms with E-state index in [1.807, 2.05) is 6.07 Å². The van der Waals surface area contributed by atoms with E-state index in [4.69, 9.17) is 28.9 Å². The fraction of sp³-hybridized carbons (Fsp3) is 0.368. The van der Waals surface area contributed by atoms with Crippen molar-refractivity contribution in [3.63, 3.8) is 0 Å². The second-order valence-electron chi connectivity index (χ2n) is 6.65. The van der Waals surface area contributed by atoms with Crippen molar-refractivity contribution in [2.24, 2.45) is 17.6 Å². The Morgan fingerprint density at radius 2 is 2.00 bits per heavy atom. The molecule has 3 rings (SSSR count). The molecule has 0 saturated heterocycles. The topological polar surface area (TPSA) is 77.1 Å². The Morgan fingerprint density at radius 1 is 1.19 bits per heavy atom. The van der Waals surface area contributed by atoms with Crippen LogP contribution in [0.25, 0.3) is 0 Å². The average molecular weight is 394 g/mol. The Balaban J connectivity index is 1.76. The highest BCUT2D eigenvalue weighted by molar-refractivity contribution is 6.42. The molecule has 7 heteroatoms. The third kappa shape index (κ3) is 4.29. The van der Waals surface area contributed by atoms with E-state index in [1.54, 1.807) is 24.4 Å². The van der Waals surface area contributed by atoms with Crippen molar-refractivity contribution in [1.82, 2.24) is 4.57 Å². The average Bonchev–Trinajstić information content (AvgIpc) is 3.10. The highest BCUT2D eigenvalue weighted by Crippen LogP contribution is 2.31. The summed E-state index contributed by atoms with van der Waals surface area (Å²) in [4.78, 5) is 24.7. The zero-order valence-corrected chi connectivity index (χ0v) is 15.8. The van der Waals surface area contributed by atoms with Gasteiger partial charge in [0.2, 0.25) is 5.91 Å². The van der Waals surface area contributed by atoms with Crippen molar-refractivity contribution < 1.29 is 4.79 Å². The maximum atomic E-state index is 12.5. The van der Waals surface area contributed by atoms with Crippen molar-refractivity contribution in [2.45, 2.75) is 25.8 Å². The van der Waals surface area contributed by atoms with Crippen LogP contribution in [0.3, 0.4) is 0 Å². The number of amides is 1. The first-order valence-corrected chi connectivity index (χ1v) is 9.39. The van der Waals surface area contributed by atoms with Crippen LogP contribution in [0.2, 0.25) is 10.0 Å². The van der Waals surface area contributed by atoms with E-state index in [0.29, 0.717) is 28.8 Å². The van der Waals surface area contributed by atoms with Crippen LogP contribution in [-0.4, -0.2) is 17.0 Å². The number of carbonyl (C=O) groups is 1. The van der Waals surface area contributed by atoms with E-state index in [2.05, 4.69) is 5.32 Å². The van der Waals surface area contributed by atoms with Crippen LogP contribution in [0, 0.1) is 11.8 Å². The second-order valence-corrected chi connectivity index (χ2v) is 7.47. The summed E-state index contributed by atoms with van der Waals surface area (Å²) in [5.74, 6) is 0.144. The first-order valence-electron chi connectivity index (χ1n) is 8.63. The molecule has 1 saturated carbocycles. The number of rotatable bonds is 5. The normalized spacial score (nSPS) is 19.5. The fourth-order valence-corrected chi connectivity index (χ4v) is 3.78. The van der Waals surface area contributed by atoms with Crippen molar-refractivity contribution in [2.75, 3.05) is 11.9 Å². The standard InChI is InChI=1S/C19H21Cl2N3O2/c20-16-6-4-12(8-17(16)21)10-24-11-14(5-7-18(24)25)23-19(26)15-3-1-2-13(15)9-22/h4-8,11,13,15H,1-3,9-10,22H2,(H,23,26)/t13-,15-/m1/s1. The summed E-state index contributed by atoms with van der Waals surface area (Å²) in [6.45, 7) is 0.864. The highest BCUT2D eigenvalue weighted by Gasteiger charge is 2.31. The van der Waals surface area contributed by atoms with Gasteiger partial charge in [-0.05, 0) is 49.1 Å². The van der Waals surface area contributed by atoms with Crippen LogP contribution in [0.5, 0.6) is 0 Å². The first kappa shape index (κ1) is 19.0. The zero-order chi connectivity index (χ0) is 18.7. The van der Waals surface area contributed by atoms with Gasteiger partial charge in [-0.1, -0.05) is 35.7 Å². The van der Waals surface area contributed by atoms with Gasteiger partial charge in [-0.3, -0.25) is 9.59 Å². The van der Waals surface area contributed by atoms with Crippen LogP contribution in [0.1, 0.15) is 24.8 Å². The predicted octanol–water partition coefficient (Wildman–Crippen LogP) is 3.52. The molecule has 1 aromatic heterocycles. The molecule has 1 fully saturated rings. The number of nitrogens with zero attached hydrogens (tertiary/aromatic N) is 1. The SMILES string of the molecule is NC[C@H]1CCC[C@H]1C(=O)Nc1ccc(=O)n(Cc2ccc(Cl)c(Cl)c2)c1. The van der Waals surface area contributed by atoms with Gasteiger partial charge in [-0.25, -0.2) is 0 Å². The quantitative estimate of drug-likeness (QED) is 0.815. The molecule has 0 radical (unpaired) electrons. The molecule has 1 amide bonds. The first-order chi connectivity index (χ1) is 12.5. The molecular formula is C19H21Cl2N3O2. The minimum absolute atomic E-state index is 0.0299. The van der Waals surface area contributed by atoms with E-state index < -0.39 is 0 Å². The van der Waals surface area contributed by atoms with Crippen LogP contribution < -0.4 is 16.6 Å². The number of anilines is 1. The molecule has 1 aliphatic rings. The fourth-order valence-electron chi connectivity index (χ4n) is 3.46. The van der Waals surface area contributed by atoms with E-state index in [0.717, 1.165) is 24.8 Å². The lowest BCUT2D eigenvalue weighted by Crippen LogP contribution is -2.30. The van der Waals surface area contributed by atoms with Gasteiger partial charge < -0.3 is 15.6 Å². The van der Waals surface area contributed by atoms with Crippen LogP contribution in [0.4, 0.5) is 5.69 Å². The number of nitrogens with two attached hydrogens (primary N) is 1. The summed E-state index contributed by atoms with van der Waals surface area (Å²) in [7, 11) is 0. The Morgan fingerprint density at radius 3 is 2.73 bits per heavy atom. The van der Waals surface area contributed by atoms with Crippen LogP contribution >= 0.6 is 23.2 Å². The number of hydrogen-bond acceptors (Lipinski definition) is 3. The van der Waals surface area contributed by atoms with Gasteiger partial charge in [0.25, 0.3) is 5.56 Å². The smallest absolute Gasteiger partial charge is 0.250 e. The van der Waals surface area contributed by atoms with Crippen molar-refractivity contribution >= 4 is 34.8 Å². The number of hydrogen-bond donors (Lipinski definition) is 2. The number of pyridine rings is 1. The van der Waals surface area contributed by atoms with Gasteiger partial charge in [-0.15, -0.1) is 0 Å². The van der Waals surface area contributed by atoms with E-state index in [-0.39, 0.29) is 23.3 Å². The summed E-state index contributed by atoms with van der Waals surface area (Å²) >= 11 is 12.0. The highest BCUT2D eigenvalue weighted by atomic mass is 35.5. The van der Waals surface area contributed by atoms with E-state index >= 15 is 0 Å². The Bertz CT molecular complexity index is 866. The number of benzene rings is 1. The lowest BCUT2D eigenvalue weighted by Gasteiger charge is -2.18. The molecule has 2 aromatic rings. The van der Waals surface area contributed by atoms with Gasteiger partial charge in [-0.2, -0.15) is 0 Å². The Labute approximate surface area is 162 Å². The van der Waals surface area contributed by atoms with E-state index in [9.17, 15) is 9.59 Å². The van der Waals surface area contributed by atoms with Crippen LogP contribution in [-0.2, 0) is 11.3 Å². The molecular weight excluding hydrogens is 373 g/mol. The van der Waals surface area contributed by atoms with Crippen molar-refractivity contribution in [3.8, 4) is 0 Å². The summed E-state index contributed by atoms with van der Waals surface area (Å²) in [5.41, 5.74) is 7.05. The van der Waals surface area contributed by atoms with Gasteiger partial charge in [0.05, 0.1) is 22.3 Å². The monoisotopic (exact) mass is 393 g/mol. The lowest BCUT2D eigenvalue weighted by molar-refractivity contribution is -0.120. The molecule has 1 heterocycles. The number of halogens is 2. The van der Waals surface area contributed by atoms with Crippen molar-refractivity contribution in [3.05, 3.63) is 62.5 Å². The Kier molecular flexibility index (Phi) is 6.01. The summed E-state index contributed by atoms with van der Waals surface area (Å²) < 4.78 is 1.53. The number of aromatic nitrogens is 1. The largest absolute Gasteiger partial charge is 0.330 e. The minimum atomic E-state index is -0.158. The molecule has 0 aliphatic heterocycles. The molecule has 0 unspecified atom stereocenters. The summed E-state index contributed by atoms with van der Waals surface area (Å²) in [6.07, 6.45) is 4.52. The molecule has 138 valence electrons. The Hall–Kier alpha value is -1.82. The molecule has 1 aliphatic carbocycles. The van der Waals surface area contributed by atoms with Crippen molar-refractivity contribution in [1.29, 1.82) is 0 Å². The molecule has 26 heavy (non-hydrogen) atoms. The third-order valence-electron chi connectivity index (χ3n) is 4.89. The van der Waals surface area contributed by atoms with E-state index in [1.165, 1.54) is 10.6 Å². The molecule has 2 atom stereocenters. The van der Waals surface area contributed by atoms with Crippen LogP contribution in [0.15, 0.2) is 41.3 Å². The summed E-state index contributed by atoms with van der Waals surface area (Å²) in [6, 6.07) is 8.31. The molecule has 0 bridgehead atoms. The predicted molar refractivity (Wildman–Crippen MR) is 105 cm³/mol. The lowest BCUT2D eigenvalue weighted by atomic mass is 9.95. The third-order valence-corrected chi connectivity index (χ3v) is 5.63. The zero-order valence-electron chi connectivity index (χ0n) is 14.3.